The minimum atomic E-state index is -3.91. The van der Waals surface area contributed by atoms with Crippen LogP contribution in [0.4, 0.5) is 4.79 Å². The van der Waals surface area contributed by atoms with Crippen LogP contribution in [-0.2, 0) is 29.1 Å². The predicted octanol–water partition coefficient (Wildman–Crippen LogP) is 3.61. The number of rotatable bonds is 7. The molecule has 3 N–H and O–H groups in total. The average Bonchev–Trinajstić information content (AvgIpc) is 3.96. The Bertz CT molecular complexity index is 2020. The van der Waals surface area contributed by atoms with Crippen molar-refractivity contribution in [3.05, 3.63) is 47.4 Å². The zero-order valence-electron chi connectivity index (χ0n) is 32.1. The van der Waals surface area contributed by atoms with Crippen molar-refractivity contribution in [3.63, 3.8) is 0 Å². The van der Waals surface area contributed by atoms with E-state index in [4.69, 9.17) is 9.47 Å². The van der Waals surface area contributed by atoms with E-state index in [9.17, 15) is 32.4 Å². The van der Waals surface area contributed by atoms with Gasteiger partial charge in [-0.1, -0.05) is 48.5 Å². The monoisotopic (exact) mass is 810 g/mol. The summed E-state index contributed by atoms with van der Waals surface area (Å²) in [6.07, 6.45) is 7.37. The maximum absolute atomic E-state index is 14.7. The molecule has 0 unspecified atom stereocenters. The van der Waals surface area contributed by atoms with E-state index >= 15 is 0 Å². The first kappa shape index (κ1) is 39.7. The molecule has 4 fully saturated rings. The van der Waals surface area contributed by atoms with Gasteiger partial charge in [0.05, 0.1) is 18.1 Å². The van der Waals surface area contributed by atoms with Crippen LogP contribution in [-0.4, -0.2) is 108 Å². The number of thiazole rings is 1. The number of carbonyl (C=O) groups excluding carboxylic acids is 5. The van der Waals surface area contributed by atoms with Crippen molar-refractivity contribution in [2.45, 2.75) is 101 Å². The van der Waals surface area contributed by atoms with Gasteiger partial charge >= 0.3 is 6.09 Å². The minimum absolute atomic E-state index is 0.134. The van der Waals surface area contributed by atoms with E-state index in [2.05, 4.69) is 20.3 Å². The summed E-state index contributed by atoms with van der Waals surface area (Å²) in [4.78, 5) is 77.7. The van der Waals surface area contributed by atoms with E-state index in [1.165, 1.54) is 16.2 Å². The summed E-state index contributed by atoms with van der Waals surface area (Å²) in [5, 5.41) is 7.40. The largest absolute Gasteiger partial charge is 0.473 e. The van der Waals surface area contributed by atoms with Crippen LogP contribution in [0, 0.1) is 17.8 Å². The summed E-state index contributed by atoms with van der Waals surface area (Å²) < 4.78 is 38.8. The molecule has 2 saturated carbocycles. The standard InChI is InChI=1S/C39H50N6O9S2/c1-38(2,3)54-36(50)40-29-14-9-7-5-6-8-13-26-18-39(26,35(49)43-56(51,52)27-15-16-27)42-32(46)31-28-21-44(19-25(28)20-45(31)34(29)48)33(47)24-12-10-11-23(17-24)30-22-55-37(41-30)53-4/h8,10-13,17,22,25-29,31H,5-7,9,14-16,18-21H2,1-4H3,(H,40,50)(H,42,46)(H,43,49)/b13-8-/t25-,26-,28-,29-,31-,39+/m0/s1. The first-order valence-corrected chi connectivity index (χ1v) is 21.7. The number of ether oxygens (including phenoxy) is 2. The molecule has 2 aliphatic carbocycles. The quantitative estimate of drug-likeness (QED) is 0.348. The third-order valence-electron chi connectivity index (χ3n) is 11.3. The molecule has 2 aromatic rings. The third-order valence-corrected chi connectivity index (χ3v) is 13.9. The Kier molecular flexibility index (Phi) is 11.0. The molecule has 1 aromatic heterocycles. The van der Waals surface area contributed by atoms with Crippen molar-refractivity contribution >= 4 is 51.1 Å². The number of hydrogen-bond donors (Lipinski definition) is 3. The lowest BCUT2D eigenvalue weighted by Crippen LogP contribution is -2.60. The lowest BCUT2D eigenvalue weighted by Gasteiger charge is -2.33. The van der Waals surface area contributed by atoms with Gasteiger partial charge in [0, 0.05) is 53.9 Å². The van der Waals surface area contributed by atoms with Gasteiger partial charge in [0.1, 0.15) is 23.2 Å². The molecule has 0 spiro atoms. The van der Waals surface area contributed by atoms with Crippen molar-refractivity contribution in [1.29, 1.82) is 0 Å². The molecule has 5 aliphatic rings. The van der Waals surface area contributed by atoms with Crippen molar-refractivity contribution in [1.82, 2.24) is 30.1 Å². The number of nitrogens with zero attached hydrogens (tertiary/aromatic N) is 3. The van der Waals surface area contributed by atoms with Gasteiger partial charge in [0.2, 0.25) is 21.8 Å². The van der Waals surface area contributed by atoms with Crippen LogP contribution in [0.2, 0.25) is 0 Å². The van der Waals surface area contributed by atoms with Crippen LogP contribution in [0.3, 0.4) is 0 Å². The highest BCUT2D eigenvalue weighted by Crippen LogP contribution is 2.47. The van der Waals surface area contributed by atoms with Gasteiger partial charge in [-0.25, -0.2) is 18.2 Å². The van der Waals surface area contributed by atoms with Gasteiger partial charge in [-0.05, 0) is 71.4 Å². The molecule has 15 nitrogen and oxygen atoms in total. The second kappa shape index (κ2) is 15.4. The first-order chi connectivity index (χ1) is 26.6. The van der Waals surface area contributed by atoms with E-state index in [0.29, 0.717) is 48.6 Å². The summed E-state index contributed by atoms with van der Waals surface area (Å²) in [6, 6.07) is 5.04. The average molecular weight is 811 g/mol. The summed E-state index contributed by atoms with van der Waals surface area (Å²) in [5.74, 6) is -3.34. The van der Waals surface area contributed by atoms with Crippen molar-refractivity contribution in [2.75, 3.05) is 26.7 Å². The van der Waals surface area contributed by atoms with Crippen LogP contribution in [0.25, 0.3) is 11.3 Å². The number of benzene rings is 1. The highest BCUT2D eigenvalue weighted by Gasteiger charge is 2.63. The number of methoxy groups -OCH3 is 1. The lowest BCUT2D eigenvalue weighted by atomic mass is 9.93. The maximum Gasteiger partial charge on any atom is 0.408 e. The number of hydrogen-bond acceptors (Lipinski definition) is 11. The van der Waals surface area contributed by atoms with Crippen molar-refractivity contribution in [2.24, 2.45) is 17.8 Å². The lowest BCUT2D eigenvalue weighted by molar-refractivity contribution is -0.142. The SMILES string of the molecule is COc1nc(-c2cccc(C(=O)N3C[C@H]4CN5C(=O)[C@@H](NC(=O)OC(C)(C)C)CCCCC/C=C\[C@H]6C[C@@]6(C(=O)NS(=O)(=O)C6CC6)NC(=O)[C@@H]5[C@H]4C3)c2)cs1. The number of fused-ring (bicyclic) bond motifs is 4. The predicted molar refractivity (Wildman–Crippen MR) is 207 cm³/mol. The number of likely N-dealkylation sites (tertiary alicyclic amines) is 1. The molecule has 2 saturated heterocycles. The molecule has 4 heterocycles. The molecular formula is C39H50N6O9S2. The van der Waals surface area contributed by atoms with Gasteiger partial charge in [-0.2, -0.15) is 0 Å². The summed E-state index contributed by atoms with van der Waals surface area (Å²) >= 11 is 1.35. The fourth-order valence-corrected chi connectivity index (χ4v) is 10.2. The summed E-state index contributed by atoms with van der Waals surface area (Å²) in [6.45, 7) is 5.75. The Balaban J connectivity index is 1.17. The minimum Gasteiger partial charge on any atom is -0.473 e. The fraction of sp³-hybridized carbons (Fsp3) is 0.590. The Hall–Kier alpha value is -4.51. The summed E-state index contributed by atoms with van der Waals surface area (Å²) in [5.41, 5.74) is -0.472. The third kappa shape index (κ3) is 8.43. The van der Waals surface area contributed by atoms with Crippen LogP contribution in [0.15, 0.2) is 41.8 Å². The fourth-order valence-electron chi connectivity index (χ4n) is 8.16. The molecule has 0 radical (unpaired) electrons. The maximum atomic E-state index is 14.7. The molecule has 5 amide bonds. The number of amides is 5. The number of allylic oxidation sites excluding steroid dienone is 1. The molecule has 56 heavy (non-hydrogen) atoms. The molecule has 302 valence electrons. The topological polar surface area (TPSA) is 193 Å². The molecule has 0 bridgehead atoms. The second-order valence-electron chi connectivity index (χ2n) is 16.6. The van der Waals surface area contributed by atoms with Gasteiger partial charge < -0.3 is 29.9 Å². The Labute approximate surface area is 331 Å². The zero-order valence-corrected chi connectivity index (χ0v) is 33.7. The number of carbonyl (C=O) groups is 5. The van der Waals surface area contributed by atoms with Gasteiger partial charge in [-0.3, -0.25) is 23.9 Å². The van der Waals surface area contributed by atoms with Gasteiger partial charge in [0.15, 0.2) is 0 Å². The van der Waals surface area contributed by atoms with E-state index in [1.807, 2.05) is 23.6 Å². The van der Waals surface area contributed by atoms with Crippen LogP contribution < -0.4 is 20.1 Å². The van der Waals surface area contributed by atoms with E-state index in [1.54, 1.807) is 51.0 Å². The smallest absolute Gasteiger partial charge is 0.408 e. The highest BCUT2D eigenvalue weighted by atomic mass is 32.2. The Morgan fingerprint density at radius 3 is 2.55 bits per heavy atom. The number of alkyl carbamates (subject to hydrolysis) is 1. The van der Waals surface area contributed by atoms with Gasteiger partial charge in [0.25, 0.3) is 17.0 Å². The number of aromatic nitrogens is 1. The Morgan fingerprint density at radius 1 is 1.05 bits per heavy atom. The number of nitrogens with one attached hydrogen (secondary N) is 3. The van der Waals surface area contributed by atoms with Crippen LogP contribution in [0.5, 0.6) is 5.19 Å². The van der Waals surface area contributed by atoms with E-state index in [0.717, 1.165) is 18.4 Å². The van der Waals surface area contributed by atoms with Crippen LogP contribution in [0.1, 0.15) is 82.5 Å². The Morgan fingerprint density at radius 2 is 1.84 bits per heavy atom. The second-order valence-corrected chi connectivity index (χ2v) is 19.3. The molecular weight excluding hydrogens is 761 g/mol. The van der Waals surface area contributed by atoms with Gasteiger partial charge in [-0.15, -0.1) is 0 Å². The van der Waals surface area contributed by atoms with E-state index in [-0.39, 0.29) is 37.9 Å². The van der Waals surface area contributed by atoms with Crippen molar-refractivity contribution < 1.29 is 41.9 Å². The molecule has 3 aliphatic heterocycles. The summed E-state index contributed by atoms with van der Waals surface area (Å²) in [7, 11) is -2.37. The van der Waals surface area contributed by atoms with Crippen LogP contribution >= 0.6 is 11.3 Å². The molecule has 6 atom stereocenters. The molecule has 17 heteroatoms. The van der Waals surface area contributed by atoms with Crippen molar-refractivity contribution in [3.8, 4) is 16.5 Å². The zero-order chi connectivity index (χ0) is 40.0. The normalized spacial score (nSPS) is 28.8. The number of sulfonamides is 1. The van der Waals surface area contributed by atoms with E-state index < -0.39 is 74.1 Å². The first-order valence-electron chi connectivity index (χ1n) is 19.3. The molecule has 7 rings (SSSR count). The highest BCUT2D eigenvalue weighted by molar-refractivity contribution is 7.91. The molecule has 1 aromatic carbocycles.